The van der Waals surface area contributed by atoms with Gasteiger partial charge in [0.15, 0.2) is 0 Å². The number of benzene rings is 1. The summed E-state index contributed by atoms with van der Waals surface area (Å²) in [5.74, 6) is 0.497. The van der Waals surface area contributed by atoms with E-state index in [0.717, 1.165) is 10.4 Å². The van der Waals surface area contributed by atoms with Crippen LogP contribution in [0.25, 0.3) is 10.8 Å². The molecular formula is C17H16N2O2S. The average Bonchev–Trinajstić information content (AvgIpc) is 3.19. The van der Waals surface area contributed by atoms with Gasteiger partial charge in [-0.3, -0.25) is 4.79 Å². The molecule has 1 N–H and O–H groups in total. The Morgan fingerprint density at radius 2 is 2.09 bits per heavy atom. The molecule has 0 bridgehead atoms. The Hall–Kier alpha value is -2.40. The molecule has 0 saturated heterocycles. The maximum Gasteiger partial charge on any atom is 0.236 e. The van der Waals surface area contributed by atoms with Gasteiger partial charge in [-0.1, -0.05) is 36.4 Å². The van der Waals surface area contributed by atoms with Crippen molar-refractivity contribution in [3.63, 3.8) is 0 Å². The maximum atomic E-state index is 12.1. The monoisotopic (exact) mass is 312 g/mol. The van der Waals surface area contributed by atoms with Crippen molar-refractivity contribution in [2.24, 2.45) is 0 Å². The first-order valence-electron chi connectivity index (χ1n) is 7.05. The minimum atomic E-state index is -0.0672. The predicted molar refractivity (Wildman–Crippen MR) is 86.5 cm³/mol. The summed E-state index contributed by atoms with van der Waals surface area (Å²) in [5, 5.41) is 4.94. The van der Waals surface area contributed by atoms with Gasteiger partial charge in [0.25, 0.3) is 0 Å². The first-order chi connectivity index (χ1) is 10.7. The first-order valence-corrected chi connectivity index (χ1v) is 7.93. The number of aromatic nitrogens is 1. The van der Waals surface area contributed by atoms with Crippen LogP contribution in [0.15, 0.2) is 58.5 Å². The summed E-state index contributed by atoms with van der Waals surface area (Å²) in [6.45, 7) is 1.97. The van der Waals surface area contributed by atoms with E-state index in [0.29, 0.717) is 11.6 Å². The topological polar surface area (TPSA) is 55.1 Å². The van der Waals surface area contributed by atoms with Gasteiger partial charge in [0.05, 0.1) is 23.0 Å². The zero-order valence-electron chi connectivity index (χ0n) is 12.2. The van der Waals surface area contributed by atoms with E-state index in [-0.39, 0.29) is 18.4 Å². The Bertz CT molecular complexity index is 735. The average molecular weight is 312 g/mol. The van der Waals surface area contributed by atoms with E-state index >= 15 is 0 Å². The van der Waals surface area contributed by atoms with Crippen LogP contribution in [0.1, 0.15) is 24.2 Å². The van der Waals surface area contributed by atoms with E-state index in [1.165, 1.54) is 0 Å². The third-order valence-electron chi connectivity index (χ3n) is 3.30. The Morgan fingerprint density at radius 1 is 1.27 bits per heavy atom. The summed E-state index contributed by atoms with van der Waals surface area (Å²) in [6.07, 6.45) is 1.76. The Balaban J connectivity index is 1.60. The number of carbonyl (C=O) groups is 1. The smallest absolute Gasteiger partial charge is 0.236 e. The molecule has 2 heterocycles. The quantitative estimate of drug-likeness (QED) is 0.779. The van der Waals surface area contributed by atoms with Crippen molar-refractivity contribution in [1.29, 1.82) is 0 Å². The fourth-order valence-electron chi connectivity index (χ4n) is 2.18. The van der Waals surface area contributed by atoms with Crippen LogP contribution < -0.4 is 5.32 Å². The van der Waals surface area contributed by atoms with Gasteiger partial charge in [-0.25, -0.2) is 4.98 Å². The van der Waals surface area contributed by atoms with Crippen molar-refractivity contribution in [2.45, 2.75) is 19.4 Å². The summed E-state index contributed by atoms with van der Waals surface area (Å²) in [7, 11) is 0. The molecule has 0 radical (unpaired) electrons. The molecule has 1 aromatic carbocycles. The maximum absolute atomic E-state index is 12.1. The highest BCUT2D eigenvalue weighted by atomic mass is 32.1. The number of nitrogens with zero attached hydrogens (tertiary/aromatic N) is 1. The number of amides is 1. The van der Waals surface area contributed by atoms with E-state index < -0.39 is 0 Å². The third-order valence-corrected chi connectivity index (χ3v) is 4.16. The molecule has 5 heteroatoms. The summed E-state index contributed by atoms with van der Waals surface area (Å²) < 4.78 is 5.42. The number of thiophene rings is 1. The van der Waals surface area contributed by atoms with E-state index in [1.54, 1.807) is 17.6 Å². The zero-order chi connectivity index (χ0) is 15.4. The van der Waals surface area contributed by atoms with E-state index in [1.807, 2.05) is 54.8 Å². The lowest BCUT2D eigenvalue weighted by Crippen LogP contribution is -2.28. The number of nitrogens with one attached hydrogen (secondary N) is 1. The molecule has 1 atom stereocenters. The highest BCUT2D eigenvalue weighted by Crippen LogP contribution is 2.23. The molecule has 112 valence electrons. The second-order valence-corrected chi connectivity index (χ2v) is 5.95. The summed E-state index contributed by atoms with van der Waals surface area (Å²) >= 11 is 1.56. The molecular weight excluding hydrogens is 296 g/mol. The number of rotatable bonds is 5. The lowest BCUT2D eigenvalue weighted by molar-refractivity contribution is -0.121. The van der Waals surface area contributed by atoms with Crippen LogP contribution in [0.3, 0.4) is 0 Å². The van der Waals surface area contributed by atoms with E-state index in [4.69, 9.17) is 4.42 Å². The molecule has 3 aromatic rings. The molecule has 1 unspecified atom stereocenters. The van der Waals surface area contributed by atoms with Crippen LogP contribution >= 0.6 is 11.3 Å². The van der Waals surface area contributed by atoms with Crippen molar-refractivity contribution in [3.8, 4) is 10.8 Å². The molecule has 0 aliphatic rings. The van der Waals surface area contributed by atoms with Crippen LogP contribution in [-0.2, 0) is 11.2 Å². The fraction of sp³-hybridized carbons (Fsp3) is 0.176. The normalized spacial score (nSPS) is 12.0. The highest BCUT2D eigenvalue weighted by molar-refractivity contribution is 7.13. The molecule has 0 saturated carbocycles. The molecule has 2 aromatic heterocycles. The van der Waals surface area contributed by atoms with Gasteiger partial charge in [0.1, 0.15) is 6.26 Å². The van der Waals surface area contributed by atoms with Gasteiger partial charge in [0.2, 0.25) is 11.8 Å². The molecule has 4 nitrogen and oxygen atoms in total. The Kier molecular flexibility index (Phi) is 4.34. The minimum absolute atomic E-state index is 0.0302. The van der Waals surface area contributed by atoms with Crippen LogP contribution in [0.4, 0.5) is 0 Å². The highest BCUT2D eigenvalue weighted by Gasteiger charge is 2.13. The number of carbonyl (C=O) groups excluding carboxylic acids is 1. The van der Waals surface area contributed by atoms with Gasteiger partial charge in [-0.15, -0.1) is 11.3 Å². The molecule has 0 aliphatic heterocycles. The first kappa shape index (κ1) is 14.5. The van der Waals surface area contributed by atoms with Gasteiger partial charge in [-0.05, 0) is 23.9 Å². The zero-order valence-corrected chi connectivity index (χ0v) is 13.0. The lowest BCUT2D eigenvalue weighted by atomic mass is 10.1. The number of hydrogen-bond donors (Lipinski definition) is 1. The summed E-state index contributed by atoms with van der Waals surface area (Å²) in [4.78, 5) is 17.4. The van der Waals surface area contributed by atoms with Crippen LogP contribution in [0, 0.1) is 0 Å². The lowest BCUT2D eigenvalue weighted by Gasteiger charge is -2.13. The molecule has 0 spiro atoms. The predicted octanol–water partition coefficient (Wildman–Crippen LogP) is 3.82. The van der Waals surface area contributed by atoms with Gasteiger partial charge >= 0.3 is 0 Å². The number of oxazole rings is 1. The summed E-state index contributed by atoms with van der Waals surface area (Å²) in [5.41, 5.74) is 1.72. The molecule has 3 rings (SSSR count). The number of hydrogen-bond acceptors (Lipinski definition) is 4. The summed E-state index contributed by atoms with van der Waals surface area (Å²) in [6, 6.07) is 13.7. The Morgan fingerprint density at radius 3 is 2.82 bits per heavy atom. The van der Waals surface area contributed by atoms with Crippen molar-refractivity contribution >= 4 is 17.2 Å². The largest absolute Gasteiger partial charge is 0.444 e. The van der Waals surface area contributed by atoms with Gasteiger partial charge in [0, 0.05) is 0 Å². The van der Waals surface area contributed by atoms with Crippen molar-refractivity contribution < 1.29 is 9.21 Å². The van der Waals surface area contributed by atoms with E-state index in [9.17, 15) is 4.79 Å². The second kappa shape index (κ2) is 6.58. The SMILES string of the molecule is CC(NC(=O)Cc1coc(-c2cccs2)n1)c1ccccc1. The molecule has 0 fully saturated rings. The van der Waals surface area contributed by atoms with Crippen molar-refractivity contribution in [3.05, 3.63) is 65.4 Å². The van der Waals surface area contributed by atoms with Crippen LogP contribution in [0.5, 0.6) is 0 Å². The van der Waals surface area contributed by atoms with Crippen LogP contribution in [-0.4, -0.2) is 10.9 Å². The van der Waals surface area contributed by atoms with Crippen molar-refractivity contribution in [2.75, 3.05) is 0 Å². The van der Waals surface area contributed by atoms with Gasteiger partial charge < -0.3 is 9.73 Å². The minimum Gasteiger partial charge on any atom is -0.444 e. The molecule has 1 amide bonds. The Labute approximate surface area is 132 Å². The molecule has 22 heavy (non-hydrogen) atoms. The standard InChI is InChI=1S/C17H16N2O2S/c1-12(13-6-3-2-4-7-13)18-16(20)10-14-11-21-17(19-14)15-8-5-9-22-15/h2-9,11-12H,10H2,1H3,(H,18,20). The van der Waals surface area contributed by atoms with Crippen molar-refractivity contribution in [1.82, 2.24) is 10.3 Å². The van der Waals surface area contributed by atoms with Crippen LogP contribution in [0.2, 0.25) is 0 Å². The molecule has 0 aliphatic carbocycles. The second-order valence-electron chi connectivity index (χ2n) is 5.00. The van der Waals surface area contributed by atoms with E-state index in [2.05, 4.69) is 10.3 Å². The van der Waals surface area contributed by atoms with Gasteiger partial charge in [-0.2, -0.15) is 0 Å². The third kappa shape index (κ3) is 3.43. The fourth-order valence-corrected chi connectivity index (χ4v) is 2.84.